The van der Waals surface area contributed by atoms with Crippen molar-refractivity contribution in [2.75, 3.05) is 0 Å². The molecule has 52 heavy (non-hydrogen) atoms. The van der Waals surface area contributed by atoms with Crippen LogP contribution in [-0.4, -0.2) is 4.57 Å². The number of thiophene rings is 1. The summed E-state index contributed by atoms with van der Waals surface area (Å²) in [6.45, 7) is 6.45. The molecule has 0 N–H and O–H groups in total. The van der Waals surface area contributed by atoms with Gasteiger partial charge in [0.25, 0.3) is 0 Å². The summed E-state index contributed by atoms with van der Waals surface area (Å²) in [5.41, 5.74) is 13.0. The van der Waals surface area contributed by atoms with Gasteiger partial charge in [-0.15, -0.1) is 11.3 Å². The summed E-state index contributed by atoms with van der Waals surface area (Å²) in [6, 6.07) is 60.3. The van der Waals surface area contributed by atoms with Gasteiger partial charge in [-0.1, -0.05) is 158 Å². The van der Waals surface area contributed by atoms with E-state index in [1.807, 2.05) is 17.4 Å². The van der Waals surface area contributed by atoms with Crippen LogP contribution >= 0.6 is 11.3 Å². The van der Waals surface area contributed by atoms with Crippen molar-refractivity contribution in [3.63, 3.8) is 0 Å². The van der Waals surface area contributed by atoms with E-state index in [9.17, 15) is 0 Å². The second-order valence-corrected chi connectivity index (χ2v) is 14.7. The van der Waals surface area contributed by atoms with Gasteiger partial charge in [0.1, 0.15) is 0 Å². The Morgan fingerprint density at radius 1 is 0.596 bits per heavy atom. The summed E-state index contributed by atoms with van der Waals surface area (Å²) >= 11 is 1.89. The fourth-order valence-corrected chi connectivity index (χ4v) is 10.1. The molecule has 0 radical (unpaired) electrons. The lowest BCUT2D eigenvalue weighted by molar-refractivity contribution is 0.761. The van der Waals surface area contributed by atoms with Crippen molar-refractivity contribution in [2.24, 2.45) is 0 Å². The third-order valence-electron chi connectivity index (χ3n) is 11.0. The van der Waals surface area contributed by atoms with E-state index in [1.165, 1.54) is 86.5 Å². The number of hydrogen-bond acceptors (Lipinski definition) is 1. The average molecular weight is 682 g/mol. The van der Waals surface area contributed by atoms with Gasteiger partial charge in [0.05, 0.1) is 21.1 Å². The standard InChI is InChI=1S/C50H35NS/c1-3-16-44-38(4-2)39-28-27-34(32-45(39)50(44,35-18-7-5-8-19-35)36-20-9-6-10-21-36)33-17-15-22-37(31-33)51-46-25-13-11-23-40(46)42-29-30-43-41-24-12-14-26-47(41)52-49(43)48(42)51/h3-32H,2H2,1H3/b16-3-. The van der Waals surface area contributed by atoms with E-state index in [0.717, 1.165) is 5.69 Å². The van der Waals surface area contributed by atoms with Gasteiger partial charge in [0.2, 0.25) is 0 Å². The summed E-state index contributed by atoms with van der Waals surface area (Å²) in [5, 5.41) is 5.19. The fraction of sp³-hybridized carbons (Fsp3) is 0.0400. The van der Waals surface area contributed by atoms with Crippen molar-refractivity contribution in [3.8, 4) is 16.8 Å². The van der Waals surface area contributed by atoms with E-state index in [-0.39, 0.29) is 0 Å². The predicted octanol–water partition coefficient (Wildman–Crippen LogP) is 13.7. The van der Waals surface area contributed by atoms with Gasteiger partial charge < -0.3 is 4.57 Å². The predicted molar refractivity (Wildman–Crippen MR) is 224 cm³/mol. The van der Waals surface area contributed by atoms with Crippen LogP contribution in [0.2, 0.25) is 0 Å². The van der Waals surface area contributed by atoms with Crippen LogP contribution in [0.15, 0.2) is 194 Å². The van der Waals surface area contributed by atoms with Crippen molar-refractivity contribution >= 4 is 58.9 Å². The molecule has 0 spiro atoms. The Balaban J connectivity index is 1.23. The number of benzene rings is 7. The van der Waals surface area contributed by atoms with Crippen molar-refractivity contribution in [1.29, 1.82) is 0 Å². The van der Waals surface area contributed by atoms with Crippen molar-refractivity contribution in [2.45, 2.75) is 12.3 Å². The molecule has 0 amide bonds. The molecule has 0 aliphatic heterocycles. The highest BCUT2D eigenvalue weighted by molar-refractivity contribution is 7.26. The lowest BCUT2D eigenvalue weighted by atomic mass is 9.66. The third-order valence-corrected chi connectivity index (χ3v) is 12.2. The van der Waals surface area contributed by atoms with Crippen LogP contribution < -0.4 is 0 Å². The quantitative estimate of drug-likeness (QED) is 0.165. The zero-order valence-corrected chi connectivity index (χ0v) is 29.7. The first-order valence-electron chi connectivity index (χ1n) is 17.9. The van der Waals surface area contributed by atoms with Gasteiger partial charge >= 0.3 is 0 Å². The van der Waals surface area contributed by atoms with Gasteiger partial charge in [-0.25, -0.2) is 0 Å². The number of fused-ring (bicyclic) bond motifs is 8. The number of para-hydroxylation sites is 1. The first-order chi connectivity index (χ1) is 25.7. The summed E-state index contributed by atoms with van der Waals surface area (Å²) in [5.74, 6) is 0. The van der Waals surface area contributed by atoms with Gasteiger partial charge in [-0.05, 0) is 81.8 Å². The summed E-state index contributed by atoms with van der Waals surface area (Å²) < 4.78 is 5.13. The second kappa shape index (κ2) is 11.9. The molecule has 1 aliphatic rings. The average Bonchev–Trinajstić information content (AvgIpc) is 3.85. The molecule has 0 unspecified atom stereocenters. The Bertz CT molecular complexity index is 2880. The highest BCUT2D eigenvalue weighted by Crippen LogP contribution is 2.56. The SMILES string of the molecule is C=CC1=C(/C=C\C)C(c2ccccc2)(c2ccccc2)c2cc(-c3cccc(-n4c5ccccc5c5ccc6c7ccccc7sc6c54)c3)ccc21. The van der Waals surface area contributed by atoms with Crippen molar-refractivity contribution in [3.05, 3.63) is 216 Å². The van der Waals surface area contributed by atoms with Crippen molar-refractivity contribution < 1.29 is 0 Å². The van der Waals surface area contributed by atoms with E-state index in [4.69, 9.17) is 0 Å². The third kappa shape index (κ3) is 4.28. The molecule has 2 aromatic heterocycles. The van der Waals surface area contributed by atoms with E-state index in [2.05, 4.69) is 194 Å². The molecule has 1 nitrogen and oxygen atoms in total. The molecule has 0 fully saturated rings. The Hall–Kier alpha value is -6.22. The molecule has 246 valence electrons. The first-order valence-corrected chi connectivity index (χ1v) is 18.7. The number of allylic oxidation sites excluding steroid dienone is 5. The monoisotopic (exact) mass is 681 g/mol. The lowest BCUT2D eigenvalue weighted by Gasteiger charge is -2.35. The zero-order valence-electron chi connectivity index (χ0n) is 28.9. The minimum absolute atomic E-state index is 0.499. The largest absolute Gasteiger partial charge is 0.308 e. The topological polar surface area (TPSA) is 4.93 Å². The summed E-state index contributed by atoms with van der Waals surface area (Å²) in [6.07, 6.45) is 6.49. The smallest absolute Gasteiger partial charge is 0.0719 e. The van der Waals surface area contributed by atoms with Crippen LogP contribution in [0.1, 0.15) is 29.2 Å². The molecule has 7 aromatic carbocycles. The maximum absolute atomic E-state index is 4.34. The maximum atomic E-state index is 4.34. The maximum Gasteiger partial charge on any atom is 0.0719 e. The highest BCUT2D eigenvalue weighted by atomic mass is 32.1. The number of rotatable bonds is 6. The second-order valence-electron chi connectivity index (χ2n) is 13.6. The highest BCUT2D eigenvalue weighted by Gasteiger charge is 2.46. The molecular formula is C50H35NS. The van der Waals surface area contributed by atoms with Gasteiger partial charge in [0, 0.05) is 31.9 Å². The summed E-state index contributed by atoms with van der Waals surface area (Å²) in [7, 11) is 0. The molecular weight excluding hydrogens is 647 g/mol. The Kier molecular flexibility index (Phi) is 7.02. The fourth-order valence-electron chi connectivity index (χ4n) is 8.85. The van der Waals surface area contributed by atoms with Crippen LogP contribution in [0, 0.1) is 0 Å². The normalized spacial score (nSPS) is 13.9. The Morgan fingerprint density at radius 2 is 1.27 bits per heavy atom. The molecule has 0 atom stereocenters. The van der Waals surface area contributed by atoms with E-state index in [1.54, 1.807) is 0 Å². The van der Waals surface area contributed by atoms with Crippen molar-refractivity contribution in [1.82, 2.24) is 4.57 Å². The lowest BCUT2D eigenvalue weighted by Crippen LogP contribution is -2.29. The minimum Gasteiger partial charge on any atom is -0.308 e. The molecule has 2 heteroatoms. The van der Waals surface area contributed by atoms with Crippen LogP contribution in [0.5, 0.6) is 0 Å². The van der Waals surface area contributed by atoms with Gasteiger partial charge in [0.15, 0.2) is 0 Å². The molecule has 0 saturated carbocycles. The minimum atomic E-state index is -0.499. The van der Waals surface area contributed by atoms with Gasteiger partial charge in [-0.3, -0.25) is 0 Å². The molecule has 10 rings (SSSR count). The Labute approximate surface area is 307 Å². The number of nitrogens with zero attached hydrogens (tertiary/aromatic N) is 1. The molecule has 0 bridgehead atoms. The molecule has 0 saturated heterocycles. The van der Waals surface area contributed by atoms with Gasteiger partial charge in [-0.2, -0.15) is 0 Å². The van der Waals surface area contributed by atoms with Crippen LogP contribution in [0.4, 0.5) is 0 Å². The van der Waals surface area contributed by atoms with E-state index in [0.29, 0.717) is 0 Å². The summed E-state index contributed by atoms with van der Waals surface area (Å²) in [4.78, 5) is 0. The van der Waals surface area contributed by atoms with E-state index < -0.39 is 5.41 Å². The molecule has 9 aromatic rings. The van der Waals surface area contributed by atoms with Crippen LogP contribution in [0.3, 0.4) is 0 Å². The van der Waals surface area contributed by atoms with E-state index >= 15 is 0 Å². The molecule has 2 heterocycles. The number of hydrogen-bond donors (Lipinski definition) is 0. The number of aromatic nitrogens is 1. The molecule has 1 aliphatic carbocycles. The first kappa shape index (κ1) is 30.6. The van der Waals surface area contributed by atoms with Crippen LogP contribution in [-0.2, 0) is 5.41 Å². The van der Waals surface area contributed by atoms with Crippen LogP contribution in [0.25, 0.3) is 64.4 Å². The Morgan fingerprint density at radius 3 is 2.02 bits per heavy atom. The zero-order chi connectivity index (χ0) is 34.8.